The normalized spacial score (nSPS) is 14.6. The Labute approximate surface area is 337 Å². The number of rotatable bonds is 5. The predicted molar refractivity (Wildman–Crippen MR) is 242 cm³/mol. The number of aliphatic imine (C=N–C) groups is 1. The molecular weight excluding hydrogens is 729 g/mol. The Balaban J connectivity index is 1.02. The fourth-order valence-corrected chi connectivity index (χ4v) is 10.1. The summed E-state index contributed by atoms with van der Waals surface area (Å²) >= 11 is 1.85. The van der Waals surface area contributed by atoms with E-state index < -0.39 is 0 Å². The van der Waals surface area contributed by atoms with Crippen LogP contribution in [0.25, 0.3) is 86.4 Å². The van der Waals surface area contributed by atoms with Crippen LogP contribution in [0.5, 0.6) is 0 Å². The third-order valence-corrected chi connectivity index (χ3v) is 12.9. The number of furan rings is 1. The predicted octanol–water partition coefficient (Wildman–Crippen LogP) is 13.6. The van der Waals surface area contributed by atoms with Crippen LogP contribution >= 0.6 is 11.3 Å². The highest BCUT2D eigenvalue weighted by Crippen LogP contribution is 2.42. The van der Waals surface area contributed by atoms with Gasteiger partial charge >= 0.3 is 0 Å². The molecule has 58 heavy (non-hydrogen) atoms. The van der Waals surface area contributed by atoms with Gasteiger partial charge < -0.3 is 14.3 Å². The first kappa shape index (κ1) is 32.9. The molecule has 0 fully saturated rings. The second-order valence-corrected chi connectivity index (χ2v) is 16.2. The molecular formula is C52H34N4OS. The Bertz CT molecular complexity index is 3500. The number of benzene rings is 7. The van der Waals surface area contributed by atoms with Crippen LogP contribution < -0.4 is 5.32 Å². The molecule has 0 aliphatic carbocycles. The molecule has 0 spiro atoms. The van der Waals surface area contributed by atoms with Gasteiger partial charge in [-0.25, -0.2) is 4.99 Å². The van der Waals surface area contributed by atoms with Gasteiger partial charge in [0.1, 0.15) is 11.4 Å². The molecule has 1 N–H and O–H groups in total. The Morgan fingerprint density at radius 1 is 0.569 bits per heavy atom. The number of thiophene rings is 1. The largest absolute Gasteiger partial charge is 0.454 e. The number of hydrogen-bond donors (Lipinski definition) is 1. The fraction of sp³-hybridized carbons (Fsp3) is 0.0385. The quantitative estimate of drug-likeness (QED) is 0.190. The summed E-state index contributed by atoms with van der Waals surface area (Å²) in [6.07, 6.45) is 3.77. The Hall–Kier alpha value is -7.28. The first-order valence-electron chi connectivity index (χ1n) is 19.6. The SMILES string of the molecule is CC1=C(c2cncc3oc4ccc(-c5ccc6c(c5)c5ccccc5n6-c5ccc6sc7ccccc7c6c5)cc4c23)N=C(c2ccccc2)NC1c1ccccc1. The highest BCUT2D eigenvalue weighted by molar-refractivity contribution is 7.25. The lowest BCUT2D eigenvalue weighted by Gasteiger charge is -2.29. The third kappa shape index (κ3) is 5.08. The molecule has 0 saturated heterocycles. The summed E-state index contributed by atoms with van der Waals surface area (Å²) in [4.78, 5) is 10.0. The molecule has 4 aromatic heterocycles. The zero-order chi connectivity index (χ0) is 38.3. The minimum atomic E-state index is -0.0618. The van der Waals surface area contributed by atoms with Gasteiger partial charge in [-0.15, -0.1) is 11.3 Å². The van der Waals surface area contributed by atoms with Gasteiger partial charge in [0.25, 0.3) is 0 Å². The van der Waals surface area contributed by atoms with Gasteiger partial charge in [0.15, 0.2) is 5.58 Å². The van der Waals surface area contributed by atoms with Crippen molar-refractivity contribution in [3.05, 3.63) is 198 Å². The van der Waals surface area contributed by atoms with Crippen LogP contribution in [0, 0.1) is 0 Å². The molecule has 1 aliphatic heterocycles. The van der Waals surface area contributed by atoms with E-state index in [1.807, 2.05) is 29.8 Å². The molecule has 0 bridgehead atoms. The van der Waals surface area contributed by atoms with Crippen molar-refractivity contribution >= 4 is 86.8 Å². The van der Waals surface area contributed by atoms with Crippen LogP contribution in [0.4, 0.5) is 0 Å². The van der Waals surface area contributed by atoms with Gasteiger partial charge in [0.2, 0.25) is 0 Å². The molecule has 1 unspecified atom stereocenters. The molecule has 6 heteroatoms. The van der Waals surface area contributed by atoms with Gasteiger partial charge in [0, 0.05) is 64.7 Å². The number of amidine groups is 1. The van der Waals surface area contributed by atoms with Gasteiger partial charge in [0.05, 0.1) is 29.0 Å². The third-order valence-electron chi connectivity index (χ3n) is 11.8. The van der Waals surface area contributed by atoms with E-state index in [-0.39, 0.29) is 6.04 Å². The fourth-order valence-electron chi connectivity index (χ4n) is 8.98. The summed E-state index contributed by atoms with van der Waals surface area (Å²) in [6.45, 7) is 2.17. The molecule has 1 atom stereocenters. The van der Waals surface area contributed by atoms with E-state index in [2.05, 4.69) is 175 Å². The Morgan fingerprint density at radius 3 is 2.14 bits per heavy atom. The van der Waals surface area contributed by atoms with Crippen molar-refractivity contribution in [1.29, 1.82) is 0 Å². The van der Waals surface area contributed by atoms with Crippen molar-refractivity contribution in [3.8, 4) is 16.8 Å². The number of aromatic nitrogens is 2. The second-order valence-electron chi connectivity index (χ2n) is 15.1. The van der Waals surface area contributed by atoms with Crippen molar-refractivity contribution in [2.75, 3.05) is 0 Å². The van der Waals surface area contributed by atoms with E-state index in [4.69, 9.17) is 14.4 Å². The first-order valence-corrected chi connectivity index (χ1v) is 20.4. The molecule has 0 amide bonds. The summed E-state index contributed by atoms with van der Waals surface area (Å²) in [6, 6.07) is 58.6. The van der Waals surface area contributed by atoms with Crippen LogP contribution in [0.15, 0.2) is 191 Å². The number of fused-ring (bicyclic) bond motifs is 9. The van der Waals surface area contributed by atoms with E-state index >= 15 is 0 Å². The van der Waals surface area contributed by atoms with Crippen molar-refractivity contribution in [3.63, 3.8) is 0 Å². The molecule has 274 valence electrons. The number of pyridine rings is 1. The summed E-state index contributed by atoms with van der Waals surface area (Å²) in [5, 5.41) is 10.8. The molecule has 11 aromatic rings. The van der Waals surface area contributed by atoms with Gasteiger partial charge in [-0.2, -0.15) is 0 Å². The minimum Gasteiger partial charge on any atom is -0.454 e. The monoisotopic (exact) mass is 762 g/mol. The van der Waals surface area contributed by atoms with E-state index in [0.29, 0.717) is 0 Å². The van der Waals surface area contributed by atoms with Crippen molar-refractivity contribution < 1.29 is 4.42 Å². The average Bonchev–Trinajstić information content (AvgIpc) is 3.96. The Morgan fingerprint density at radius 2 is 1.28 bits per heavy atom. The molecule has 12 rings (SSSR count). The van der Waals surface area contributed by atoms with Crippen molar-refractivity contribution in [2.45, 2.75) is 13.0 Å². The Kier molecular flexibility index (Phi) is 7.31. The molecule has 5 heterocycles. The molecule has 0 radical (unpaired) electrons. The zero-order valence-corrected chi connectivity index (χ0v) is 32.3. The van der Waals surface area contributed by atoms with Gasteiger partial charge in [-0.1, -0.05) is 109 Å². The van der Waals surface area contributed by atoms with Crippen LogP contribution in [0.2, 0.25) is 0 Å². The lowest BCUT2D eigenvalue weighted by molar-refractivity contribution is 0.667. The number of hydrogen-bond acceptors (Lipinski definition) is 5. The van der Waals surface area contributed by atoms with Crippen LogP contribution in [-0.2, 0) is 0 Å². The van der Waals surface area contributed by atoms with Crippen molar-refractivity contribution in [2.24, 2.45) is 4.99 Å². The lowest BCUT2D eigenvalue weighted by Crippen LogP contribution is -2.33. The standard InChI is InChI=1S/C52H34N4OS/c1-31-50(32-12-4-2-5-13-32)54-52(33-14-6-3-7-15-33)55-51(31)42-29-53-30-46-49(42)41-27-35(21-24-45(41)57-46)34-20-23-44-39(26-34)37-16-8-10-18-43(37)56(44)36-22-25-48-40(28-36)38-17-9-11-19-47(38)58-48/h2-30,50H,1H3,(H,54,55). The molecule has 7 aromatic carbocycles. The molecule has 1 aliphatic rings. The number of para-hydroxylation sites is 1. The van der Waals surface area contributed by atoms with E-state index in [1.165, 1.54) is 47.5 Å². The van der Waals surface area contributed by atoms with Crippen LogP contribution in [0.1, 0.15) is 29.7 Å². The lowest BCUT2D eigenvalue weighted by atomic mass is 9.92. The topological polar surface area (TPSA) is 55.4 Å². The number of nitrogens with zero attached hydrogens (tertiary/aromatic N) is 3. The summed E-state index contributed by atoms with van der Waals surface area (Å²) in [5.74, 6) is 0.830. The molecule has 5 nitrogen and oxygen atoms in total. The second kappa shape index (κ2) is 12.9. The van der Waals surface area contributed by atoms with E-state index in [0.717, 1.165) is 67.0 Å². The summed E-state index contributed by atoms with van der Waals surface area (Å²) in [5.41, 5.74) is 12.6. The minimum absolute atomic E-state index is 0.0618. The van der Waals surface area contributed by atoms with Crippen LogP contribution in [-0.4, -0.2) is 15.4 Å². The van der Waals surface area contributed by atoms with E-state index in [9.17, 15) is 0 Å². The summed E-state index contributed by atoms with van der Waals surface area (Å²) in [7, 11) is 0. The zero-order valence-electron chi connectivity index (χ0n) is 31.5. The average molecular weight is 763 g/mol. The van der Waals surface area contributed by atoms with E-state index in [1.54, 1.807) is 0 Å². The highest BCUT2D eigenvalue weighted by Gasteiger charge is 2.27. The maximum Gasteiger partial charge on any atom is 0.154 e. The van der Waals surface area contributed by atoms with Gasteiger partial charge in [-0.05, 0) is 83.8 Å². The number of nitrogens with one attached hydrogen (secondary N) is 1. The molecule has 0 saturated carbocycles. The maximum atomic E-state index is 6.51. The van der Waals surface area contributed by atoms with Gasteiger partial charge in [-0.3, -0.25) is 4.98 Å². The van der Waals surface area contributed by atoms with Crippen molar-refractivity contribution in [1.82, 2.24) is 14.9 Å². The smallest absolute Gasteiger partial charge is 0.154 e. The summed E-state index contributed by atoms with van der Waals surface area (Å²) < 4.78 is 11.5. The first-order chi connectivity index (χ1) is 28.7. The highest BCUT2D eigenvalue weighted by atomic mass is 32.1. The van der Waals surface area contributed by atoms with Crippen LogP contribution in [0.3, 0.4) is 0 Å². The maximum absolute atomic E-state index is 6.51.